The van der Waals surface area contributed by atoms with Gasteiger partial charge in [0, 0.05) is 49.9 Å². The minimum Gasteiger partial charge on any atom is -0.451 e. The molecule has 0 aromatic heterocycles. The van der Waals surface area contributed by atoms with Crippen molar-refractivity contribution in [2.45, 2.75) is 64.9 Å². The molecule has 1 amide bonds. The second-order valence-corrected chi connectivity index (χ2v) is 8.60. The van der Waals surface area contributed by atoms with Gasteiger partial charge in [0.15, 0.2) is 0 Å². The van der Waals surface area contributed by atoms with Crippen molar-refractivity contribution >= 4 is 17.6 Å². The molecular formula is C24H32F2N2O3. The van der Waals surface area contributed by atoms with Gasteiger partial charge in [0.1, 0.15) is 5.60 Å². The Hall–Kier alpha value is -2.44. The quantitative estimate of drug-likeness (QED) is 0.586. The second-order valence-electron chi connectivity index (χ2n) is 8.60. The number of carbonyl (C=O) groups is 2. The highest BCUT2D eigenvalue weighted by Crippen LogP contribution is 2.41. The maximum Gasteiger partial charge on any atom is 0.335 e. The number of benzene rings is 1. The monoisotopic (exact) mass is 434 g/mol. The zero-order valence-corrected chi connectivity index (χ0v) is 18.8. The fourth-order valence-corrected chi connectivity index (χ4v) is 4.69. The molecule has 1 aromatic rings. The van der Waals surface area contributed by atoms with Crippen molar-refractivity contribution in [1.29, 1.82) is 0 Å². The van der Waals surface area contributed by atoms with E-state index in [1.54, 1.807) is 17.9 Å². The van der Waals surface area contributed by atoms with E-state index in [4.69, 9.17) is 4.74 Å². The van der Waals surface area contributed by atoms with Gasteiger partial charge in [0.25, 0.3) is 11.8 Å². The van der Waals surface area contributed by atoms with E-state index in [2.05, 4.69) is 0 Å². The molecular weight excluding hydrogens is 402 g/mol. The van der Waals surface area contributed by atoms with Crippen molar-refractivity contribution in [2.24, 2.45) is 0 Å². The molecule has 7 heteroatoms. The smallest absolute Gasteiger partial charge is 0.335 e. The van der Waals surface area contributed by atoms with Gasteiger partial charge in [0.05, 0.1) is 5.57 Å². The van der Waals surface area contributed by atoms with Crippen LogP contribution in [0, 0.1) is 0 Å². The van der Waals surface area contributed by atoms with E-state index >= 15 is 0 Å². The first-order valence-corrected chi connectivity index (χ1v) is 11.1. The van der Waals surface area contributed by atoms with Crippen molar-refractivity contribution in [3.8, 4) is 0 Å². The minimum absolute atomic E-state index is 0.0187. The lowest BCUT2D eigenvalue weighted by atomic mass is 9.83. The number of anilines is 1. The molecule has 31 heavy (non-hydrogen) atoms. The molecule has 0 atom stereocenters. The van der Waals surface area contributed by atoms with Crippen LogP contribution in [0.15, 0.2) is 35.4 Å². The zero-order chi connectivity index (χ0) is 22.8. The number of halogens is 2. The first-order chi connectivity index (χ1) is 14.6. The van der Waals surface area contributed by atoms with Crippen LogP contribution in [-0.2, 0) is 20.2 Å². The van der Waals surface area contributed by atoms with Crippen LogP contribution in [0.2, 0.25) is 0 Å². The fraction of sp³-hybridized carbons (Fsp3) is 0.583. The third-order valence-electron chi connectivity index (χ3n) is 6.23. The predicted octanol–water partition coefficient (Wildman–Crippen LogP) is 4.66. The number of amides is 1. The van der Waals surface area contributed by atoms with E-state index in [-0.39, 0.29) is 11.5 Å². The lowest BCUT2D eigenvalue weighted by Gasteiger charge is -2.38. The van der Waals surface area contributed by atoms with Crippen LogP contribution in [-0.4, -0.2) is 48.6 Å². The number of rotatable bonds is 7. The van der Waals surface area contributed by atoms with E-state index in [1.807, 2.05) is 24.8 Å². The summed E-state index contributed by atoms with van der Waals surface area (Å²) in [5.41, 5.74) is 0.788. The first kappa shape index (κ1) is 23.2. The summed E-state index contributed by atoms with van der Waals surface area (Å²) < 4.78 is 33.1. The summed E-state index contributed by atoms with van der Waals surface area (Å²) in [5, 5.41) is 0. The van der Waals surface area contributed by atoms with E-state index in [0.717, 1.165) is 25.5 Å². The summed E-state index contributed by atoms with van der Waals surface area (Å²) in [6.07, 6.45) is 2.87. The summed E-state index contributed by atoms with van der Waals surface area (Å²) in [6.45, 7) is 8.62. The van der Waals surface area contributed by atoms with Crippen molar-refractivity contribution in [2.75, 3.05) is 31.1 Å². The molecule has 0 bridgehead atoms. The van der Waals surface area contributed by atoms with Gasteiger partial charge in [-0.05, 0) is 31.9 Å². The standard InChI is InChI=1S/C24H32F2N2O3/c1-5-10-24(11-6-2)20(17(3)22(30)31-24)21(29)28-14-12-27(13-15-28)19-9-7-8-18(16-19)23(4,25)26/h7-9,16H,5-6,10-15H2,1-4H3. The molecule has 170 valence electrons. The van der Waals surface area contributed by atoms with Crippen LogP contribution in [0.1, 0.15) is 58.9 Å². The van der Waals surface area contributed by atoms with Gasteiger partial charge in [0.2, 0.25) is 0 Å². The third-order valence-corrected chi connectivity index (χ3v) is 6.23. The largest absolute Gasteiger partial charge is 0.451 e. The highest BCUT2D eigenvalue weighted by atomic mass is 19.3. The number of hydrogen-bond donors (Lipinski definition) is 0. The average Bonchev–Trinajstić information content (AvgIpc) is 2.97. The molecule has 5 nitrogen and oxygen atoms in total. The van der Waals surface area contributed by atoms with Gasteiger partial charge >= 0.3 is 5.97 Å². The van der Waals surface area contributed by atoms with E-state index in [9.17, 15) is 18.4 Å². The number of cyclic esters (lactones) is 1. The Labute approximate surface area is 183 Å². The van der Waals surface area contributed by atoms with Gasteiger partial charge in [-0.25, -0.2) is 13.6 Å². The Morgan fingerprint density at radius 1 is 1.13 bits per heavy atom. The first-order valence-electron chi connectivity index (χ1n) is 11.1. The number of ether oxygens (including phenoxy) is 1. The average molecular weight is 435 g/mol. The summed E-state index contributed by atoms with van der Waals surface area (Å²) in [4.78, 5) is 29.6. The van der Waals surface area contributed by atoms with Gasteiger partial charge in [-0.1, -0.05) is 38.8 Å². The summed E-state index contributed by atoms with van der Waals surface area (Å²) >= 11 is 0. The van der Waals surface area contributed by atoms with Crippen LogP contribution >= 0.6 is 0 Å². The second kappa shape index (κ2) is 8.97. The topological polar surface area (TPSA) is 49.9 Å². The number of carbonyl (C=O) groups excluding carboxylic acids is 2. The number of piperazine rings is 1. The number of alkyl halides is 2. The summed E-state index contributed by atoms with van der Waals surface area (Å²) in [7, 11) is 0. The molecule has 2 aliphatic rings. The van der Waals surface area contributed by atoms with Crippen LogP contribution in [0.25, 0.3) is 0 Å². The lowest BCUT2D eigenvalue weighted by Crippen LogP contribution is -2.51. The number of nitrogens with zero attached hydrogens (tertiary/aromatic N) is 2. The van der Waals surface area contributed by atoms with Crippen LogP contribution in [0.4, 0.5) is 14.5 Å². The molecule has 0 N–H and O–H groups in total. The molecule has 2 heterocycles. The van der Waals surface area contributed by atoms with Crippen LogP contribution in [0.3, 0.4) is 0 Å². The molecule has 0 spiro atoms. The van der Waals surface area contributed by atoms with Gasteiger partial charge in [-0.15, -0.1) is 0 Å². The zero-order valence-electron chi connectivity index (χ0n) is 18.8. The highest BCUT2D eigenvalue weighted by molar-refractivity contribution is 6.07. The molecule has 0 saturated carbocycles. The molecule has 1 fully saturated rings. The molecule has 1 saturated heterocycles. The van der Waals surface area contributed by atoms with Crippen molar-refractivity contribution in [1.82, 2.24) is 4.90 Å². The maximum atomic E-state index is 13.7. The van der Waals surface area contributed by atoms with E-state index < -0.39 is 17.5 Å². The maximum absolute atomic E-state index is 13.7. The fourth-order valence-electron chi connectivity index (χ4n) is 4.69. The van der Waals surface area contributed by atoms with Crippen molar-refractivity contribution < 1.29 is 23.1 Å². The molecule has 2 aliphatic heterocycles. The van der Waals surface area contributed by atoms with Crippen LogP contribution < -0.4 is 4.90 Å². The SMILES string of the molecule is CCCC1(CCC)OC(=O)C(C)=C1C(=O)N1CCN(c2cccc(C(C)(F)F)c2)CC1. The van der Waals surface area contributed by atoms with Crippen molar-refractivity contribution in [3.63, 3.8) is 0 Å². The highest BCUT2D eigenvalue weighted by Gasteiger charge is 2.49. The number of esters is 1. The summed E-state index contributed by atoms with van der Waals surface area (Å²) in [5.74, 6) is -3.44. The van der Waals surface area contributed by atoms with Crippen molar-refractivity contribution in [3.05, 3.63) is 41.0 Å². The van der Waals surface area contributed by atoms with Crippen LogP contribution in [0.5, 0.6) is 0 Å². The number of hydrogen-bond acceptors (Lipinski definition) is 4. The van der Waals surface area contributed by atoms with E-state index in [1.165, 1.54) is 12.1 Å². The molecule has 1 aromatic carbocycles. The Morgan fingerprint density at radius 2 is 1.74 bits per heavy atom. The van der Waals surface area contributed by atoms with Gasteiger partial charge in [-0.3, -0.25) is 4.79 Å². The predicted molar refractivity (Wildman–Crippen MR) is 116 cm³/mol. The third kappa shape index (κ3) is 4.60. The Kier molecular flexibility index (Phi) is 6.72. The Bertz CT molecular complexity index is 862. The minimum atomic E-state index is -2.89. The Morgan fingerprint density at radius 3 is 2.29 bits per heavy atom. The molecule has 0 radical (unpaired) electrons. The molecule has 0 aliphatic carbocycles. The normalized spacial score (nSPS) is 19.1. The summed E-state index contributed by atoms with van der Waals surface area (Å²) in [6, 6.07) is 6.40. The lowest BCUT2D eigenvalue weighted by molar-refractivity contribution is -0.149. The molecule has 0 unspecified atom stereocenters. The van der Waals surface area contributed by atoms with Gasteiger partial charge < -0.3 is 14.5 Å². The molecule has 3 rings (SSSR count). The van der Waals surface area contributed by atoms with Gasteiger partial charge in [-0.2, -0.15) is 0 Å². The van der Waals surface area contributed by atoms with E-state index in [0.29, 0.717) is 50.2 Å². The Balaban J connectivity index is 1.76.